The number of aromatic nitrogens is 3. The molecule has 1 aliphatic heterocycles. The number of piperidine rings is 1. The van der Waals surface area contributed by atoms with Crippen LogP contribution in [0.1, 0.15) is 29.8 Å². The fourth-order valence-corrected chi connectivity index (χ4v) is 3.29. The van der Waals surface area contributed by atoms with Crippen molar-refractivity contribution in [1.82, 2.24) is 15.0 Å². The third-order valence-electron chi connectivity index (χ3n) is 5.05. The molecule has 3 rings (SSSR count). The molecule has 138 valence electrons. The Morgan fingerprint density at radius 3 is 2.65 bits per heavy atom. The van der Waals surface area contributed by atoms with E-state index in [0.29, 0.717) is 18.3 Å². The lowest BCUT2D eigenvalue weighted by molar-refractivity contribution is -0.920. The molecule has 2 heterocycles. The van der Waals surface area contributed by atoms with Crippen molar-refractivity contribution >= 4 is 23.5 Å². The number of rotatable bonds is 5. The van der Waals surface area contributed by atoms with Gasteiger partial charge in [-0.3, -0.25) is 4.79 Å². The topological polar surface area (TPSA) is 124 Å². The van der Waals surface area contributed by atoms with Gasteiger partial charge in [-0.05, 0) is 31.0 Å². The van der Waals surface area contributed by atoms with Crippen LogP contribution in [0.15, 0.2) is 18.2 Å². The highest BCUT2D eigenvalue weighted by atomic mass is 16.1. The molecule has 0 unspecified atom stereocenters. The molecule has 8 heteroatoms. The monoisotopic (exact) mass is 356 g/mol. The van der Waals surface area contributed by atoms with Crippen LogP contribution in [-0.2, 0) is 11.3 Å². The van der Waals surface area contributed by atoms with E-state index in [1.54, 1.807) is 0 Å². The van der Waals surface area contributed by atoms with Crippen molar-refractivity contribution in [2.75, 3.05) is 24.1 Å². The second-order valence-corrected chi connectivity index (χ2v) is 6.91. The van der Waals surface area contributed by atoms with Gasteiger partial charge in [0.1, 0.15) is 6.54 Å². The van der Waals surface area contributed by atoms with Crippen molar-refractivity contribution in [2.45, 2.75) is 33.2 Å². The van der Waals surface area contributed by atoms with Crippen LogP contribution < -0.4 is 21.7 Å². The number of quaternary nitrogens is 1. The van der Waals surface area contributed by atoms with E-state index in [1.165, 1.54) is 10.5 Å². The van der Waals surface area contributed by atoms with Crippen molar-refractivity contribution in [3.05, 3.63) is 35.2 Å². The molecule has 8 nitrogen and oxygen atoms in total. The number of carbonyl (C=O) groups excluding carboxylic acids is 1. The first-order valence-corrected chi connectivity index (χ1v) is 8.89. The largest absolute Gasteiger partial charge is 0.369 e. The first kappa shape index (κ1) is 18.1. The second kappa shape index (κ2) is 7.65. The van der Waals surface area contributed by atoms with Gasteiger partial charge in [-0.1, -0.05) is 12.1 Å². The number of likely N-dealkylation sites (tertiary alicyclic amines) is 1. The number of nitrogen functional groups attached to an aromatic ring is 1. The molecule has 0 spiro atoms. The molecule has 1 amide bonds. The predicted octanol–water partition coefficient (Wildman–Crippen LogP) is 0.0944. The van der Waals surface area contributed by atoms with Crippen molar-refractivity contribution in [1.29, 1.82) is 0 Å². The Kier molecular flexibility index (Phi) is 5.32. The summed E-state index contributed by atoms with van der Waals surface area (Å²) in [5.41, 5.74) is 14.6. The van der Waals surface area contributed by atoms with Crippen LogP contribution in [0.3, 0.4) is 0 Å². The van der Waals surface area contributed by atoms with E-state index in [9.17, 15) is 4.79 Å². The first-order chi connectivity index (χ1) is 12.4. The summed E-state index contributed by atoms with van der Waals surface area (Å²) in [4.78, 5) is 25.6. The van der Waals surface area contributed by atoms with Gasteiger partial charge in [-0.15, -0.1) is 0 Å². The van der Waals surface area contributed by atoms with E-state index in [2.05, 4.69) is 40.2 Å². The Balaban J connectivity index is 1.70. The number of amides is 1. The minimum Gasteiger partial charge on any atom is -0.369 e. The molecule has 2 aromatic rings. The standard InChI is InChI=1S/C18H25N7O/c1-11-4-3-5-14(12(11)2)21-18-23-15(22-17(20)24-18)10-25-8-6-13(7-9-25)16(19)26/h3-5,13H,6-10H2,1-2H3,(H2,19,26)(H3,20,21,22,23,24)/p+1. The SMILES string of the molecule is Cc1cccc(Nc2nc(N)nc(C[NH+]3CCC(C(N)=O)CC3)n2)c1C. The molecule has 0 aliphatic carbocycles. The molecule has 6 N–H and O–H groups in total. The van der Waals surface area contributed by atoms with Crippen LogP contribution in [0.5, 0.6) is 0 Å². The molecule has 0 radical (unpaired) electrons. The molecule has 1 aromatic heterocycles. The van der Waals surface area contributed by atoms with Crippen LogP contribution in [0.2, 0.25) is 0 Å². The summed E-state index contributed by atoms with van der Waals surface area (Å²) >= 11 is 0. The van der Waals surface area contributed by atoms with Crippen LogP contribution in [-0.4, -0.2) is 33.9 Å². The maximum Gasteiger partial charge on any atom is 0.232 e. The summed E-state index contributed by atoms with van der Waals surface area (Å²) in [7, 11) is 0. The van der Waals surface area contributed by atoms with Crippen molar-refractivity contribution < 1.29 is 9.69 Å². The zero-order valence-corrected chi connectivity index (χ0v) is 15.2. The maximum atomic E-state index is 11.3. The molecule has 0 atom stereocenters. The molecule has 1 aliphatic rings. The highest BCUT2D eigenvalue weighted by Gasteiger charge is 2.26. The number of aryl methyl sites for hydroxylation is 1. The number of hydrogen-bond donors (Lipinski definition) is 4. The van der Waals surface area contributed by atoms with E-state index in [-0.39, 0.29) is 17.8 Å². The summed E-state index contributed by atoms with van der Waals surface area (Å²) in [6.07, 6.45) is 1.61. The van der Waals surface area contributed by atoms with Crippen molar-refractivity contribution in [3.8, 4) is 0 Å². The molecule has 0 bridgehead atoms. The molecule has 1 fully saturated rings. The summed E-state index contributed by atoms with van der Waals surface area (Å²) < 4.78 is 0. The number of nitrogens with one attached hydrogen (secondary N) is 2. The maximum absolute atomic E-state index is 11.3. The molecule has 26 heavy (non-hydrogen) atoms. The van der Waals surface area contributed by atoms with Gasteiger partial charge in [-0.25, -0.2) is 0 Å². The van der Waals surface area contributed by atoms with Crippen LogP contribution >= 0.6 is 0 Å². The highest BCUT2D eigenvalue weighted by Crippen LogP contribution is 2.21. The minimum absolute atomic E-state index is 0.0105. The smallest absolute Gasteiger partial charge is 0.232 e. The van der Waals surface area contributed by atoms with E-state index < -0.39 is 0 Å². The van der Waals surface area contributed by atoms with Crippen LogP contribution in [0, 0.1) is 19.8 Å². The lowest BCUT2D eigenvalue weighted by atomic mass is 9.96. The normalized spacial score (nSPS) is 19.9. The number of nitrogens with zero attached hydrogens (tertiary/aromatic N) is 3. The molecular formula is C18H26N7O+. The summed E-state index contributed by atoms with van der Waals surface area (Å²) in [6.45, 7) is 6.51. The van der Waals surface area contributed by atoms with Gasteiger partial charge in [0.25, 0.3) is 0 Å². The molecule has 0 saturated carbocycles. The fourth-order valence-electron chi connectivity index (χ4n) is 3.29. The number of nitrogens with two attached hydrogens (primary N) is 2. The fraction of sp³-hybridized carbons (Fsp3) is 0.444. The Labute approximate surface area is 153 Å². The number of anilines is 3. The Bertz CT molecular complexity index is 800. The van der Waals surface area contributed by atoms with Gasteiger partial charge in [-0.2, -0.15) is 15.0 Å². The molecule has 1 saturated heterocycles. The second-order valence-electron chi connectivity index (χ2n) is 6.91. The van der Waals surface area contributed by atoms with E-state index >= 15 is 0 Å². The van der Waals surface area contributed by atoms with Crippen molar-refractivity contribution in [2.24, 2.45) is 11.7 Å². The predicted molar refractivity (Wildman–Crippen MR) is 99.8 cm³/mol. The Hall–Kier alpha value is -2.74. The third kappa shape index (κ3) is 4.26. The summed E-state index contributed by atoms with van der Waals surface area (Å²) in [6, 6.07) is 6.04. The summed E-state index contributed by atoms with van der Waals surface area (Å²) in [5.74, 6) is 1.09. The zero-order chi connectivity index (χ0) is 18.7. The number of hydrogen-bond acceptors (Lipinski definition) is 6. The van der Waals surface area contributed by atoms with Gasteiger partial charge in [0, 0.05) is 24.4 Å². The lowest BCUT2D eigenvalue weighted by Crippen LogP contribution is -3.12. The van der Waals surface area contributed by atoms with E-state index in [0.717, 1.165) is 37.2 Å². The Morgan fingerprint density at radius 2 is 1.96 bits per heavy atom. The summed E-state index contributed by atoms with van der Waals surface area (Å²) in [5, 5.41) is 3.24. The van der Waals surface area contributed by atoms with Gasteiger partial charge in [0.2, 0.25) is 17.8 Å². The number of carbonyl (C=O) groups is 1. The van der Waals surface area contributed by atoms with Crippen LogP contribution in [0.25, 0.3) is 0 Å². The molecular weight excluding hydrogens is 330 g/mol. The lowest BCUT2D eigenvalue weighted by Gasteiger charge is -2.27. The average Bonchev–Trinajstić information content (AvgIpc) is 2.59. The number of primary amides is 1. The zero-order valence-electron chi connectivity index (χ0n) is 15.2. The molecule has 1 aromatic carbocycles. The Morgan fingerprint density at radius 1 is 1.23 bits per heavy atom. The highest BCUT2D eigenvalue weighted by molar-refractivity contribution is 5.76. The van der Waals surface area contributed by atoms with Crippen LogP contribution in [0.4, 0.5) is 17.6 Å². The number of benzene rings is 1. The quantitative estimate of drug-likeness (QED) is 0.602. The first-order valence-electron chi connectivity index (χ1n) is 8.89. The van der Waals surface area contributed by atoms with E-state index in [4.69, 9.17) is 11.5 Å². The third-order valence-corrected chi connectivity index (χ3v) is 5.05. The van der Waals surface area contributed by atoms with Gasteiger partial charge >= 0.3 is 0 Å². The van der Waals surface area contributed by atoms with E-state index in [1.807, 2.05) is 12.1 Å². The van der Waals surface area contributed by atoms with Gasteiger partial charge in [0.05, 0.1) is 13.1 Å². The van der Waals surface area contributed by atoms with Gasteiger partial charge < -0.3 is 21.7 Å². The average molecular weight is 356 g/mol. The van der Waals surface area contributed by atoms with Crippen molar-refractivity contribution in [3.63, 3.8) is 0 Å². The van der Waals surface area contributed by atoms with Gasteiger partial charge in [0.15, 0.2) is 5.82 Å². The minimum atomic E-state index is -0.200.